The Hall–Kier alpha value is -5.41. The third-order valence-corrected chi connectivity index (χ3v) is 8.34. The highest BCUT2D eigenvalue weighted by Gasteiger charge is 2.12. The van der Waals surface area contributed by atoms with Crippen LogP contribution in [0, 0.1) is 0 Å². The molecule has 46 heavy (non-hydrogen) atoms. The summed E-state index contributed by atoms with van der Waals surface area (Å²) in [7, 11) is 0. The van der Waals surface area contributed by atoms with E-state index in [0.29, 0.717) is 23.3 Å². The first-order valence-electron chi connectivity index (χ1n) is 15.8. The van der Waals surface area contributed by atoms with Crippen molar-refractivity contribution in [2.24, 2.45) is 0 Å². The van der Waals surface area contributed by atoms with Crippen LogP contribution >= 0.6 is 0 Å². The van der Waals surface area contributed by atoms with Crippen LogP contribution in [0.1, 0.15) is 50.7 Å². The predicted molar refractivity (Wildman–Crippen MR) is 189 cm³/mol. The van der Waals surface area contributed by atoms with E-state index in [1.54, 1.807) is 24.3 Å². The van der Waals surface area contributed by atoms with Gasteiger partial charge in [0.2, 0.25) is 0 Å². The summed E-state index contributed by atoms with van der Waals surface area (Å²) in [5.41, 5.74) is 11.9. The van der Waals surface area contributed by atoms with Gasteiger partial charge in [0, 0.05) is 0 Å². The summed E-state index contributed by atoms with van der Waals surface area (Å²) >= 11 is 0. The van der Waals surface area contributed by atoms with Crippen molar-refractivity contribution in [3.05, 3.63) is 157 Å². The molecule has 0 aliphatic rings. The molecule has 0 aliphatic carbocycles. The molecule has 0 bridgehead atoms. The van der Waals surface area contributed by atoms with Gasteiger partial charge in [-0.05, 0) is 91.7 Å². The highest BCUT2D eigenvalue weighted by molar-refractivity contribution is 5.75. The molecule has 0 aliphatic heterocycles. The molecule has 0 amide bonds. The molecule has 0 atom stereocenters. The van der Waals surface area contributed by atoms with Gasteiger partial charge < -0.3 is 9.47 Å². The summed E-state index contributed by atoms with van der Waals surface area (Å²) in [4.78, 5) is 12.5. The lowest BCUT2D eigenvalue weighted by atomic mass is 9.92. The van der Waals surface area contributed by atoms with Crippen molar-refractivity contribution in [2.75, 3.05) is 0 Å². The van der Waals surface area contributed by atoms with Crippen LogP contribution in [-0.4, -0.2) is 6.16 Å². The minimum absolute atomic E-state index is 0.423. The highest BCUT2D eigenvalue weighted by Crippen LogP contribution is 2.33. The maximum absolute atomic E-state index is 12.5. The number of carbonyl (C=O) groups excluding carboxylic acids is 1. The number of carbonyl (C=O) groups is 1. The van der Waals surface area contributed by atoms with Gasteiger partial charge in [-0.25, -0.2) is 4.79 Å². The second-order valence-electron chi connectivity index (χ2n) is 12.1. The van der Waals surface area contributed by atoms with Crippen molar-refractivity contribution in [1.29, 1.82) is 0 Å². The number of rotatable bonds is 8. The summed E-state index contributed by atoms with van der Waals surface area (Å²) in [5, 5.41) is 0. The highest BCUT2D eigenvalue weighted by atomic mass is 16.7. The van der Waals surface area contributed by atoms with E-state index in [2.05, 4.69) is 125 Å². The normalized spacial score (nSPS) is 11.1. The van der Waals surface area contributed by atoms with Crippen LogP contribution in [0.4, 0.5) is 4.79 Å². The van der Waals surface area contributed by atoms with E-state index >= 15 is 0 Å². The Bertz CT molecular complexity index is 1770. The van der Waals surface area contributed by atoms with Crippen molar-refractivity contribution in [1.82, 2.24) is 0 Å². The second kappa shape index (κ2) is 13.7. The minimum atomic E-state index is -0.776. The molecule has 0 radical (unpaired) electrons. The van der Waals surface area contributed by atoms with Crippen molar-refractivity contribution in [3.63, 3.8) is 0 Å². The van der Waals surface area contributed by atoms with Gasteiger partial charge in [-0.1, -0.05) is 149 Å². The number of ether oxygens (including phenoxy) is 2. The summed E-state index contributed by atoms with van der Waals surface area (Å²) in [5.74, 6) is 1.76. The molecule has 0 unspecified atom stereocenters. The fraction of sp³-hybridized carbons (Fsp3) is 0.140. The molecular formula is C43H38O3. The standard InChI is InChI=1S/C43H38O3/c1-29(2)39-9-5-7-11-41(39)35-17-13-31(14-18-35)33-21-25-37(26-22-33)45-43(44)46-38-27-23-34(24-28-38)32-15-19-36(20-16-32)42-12-8-6-10-40(42)30(3)4/h5-30H,1-4H3. The number of hydrogen-bond donors (Lipinski definition) is 0. The van der Waals surface area contributed by atoms with Crippen LogP contribution in [-0.2, 0) is 0 Å². The molecule has 3 nitrogen and oxygen atoms in total. The molecule has 228 valence electrons. The summed E-state index contributed by atoms with van der Waals surface area (Å²) in [6, 6.07) is 49.2. The van der Waals surface area contributed by atoms with Crippen molar-refractivity contribution < 1.29 is 14.3 Å². The minimum Gasteiger partial charge on any atom is -0.395 e. The van der Waals surface area contributed by atoms with E-state index in [4.69, 9.17) is 9.47 Å². The Labute approximate surface area is 272 Å². The van der Waals surface area contributed by atoms with Crippen molar-refractivity contribution in [3.8, 4) is 56.0 Å². The van der Waals surface area contributed by atoms with Crippen LogP contribution < -0.4 is 9.47 Å². The Morgan fingerprint density at radius 3 is 1.00 bits per heavy atom. The van der Waals surface area contributed by atoms with Gasteiger partial charge in [0.15, 0.2) is 0 Å². The zero-order valence-corrected chi connectivity index (χ0v) is 26.7. The van der Waals surface area contributed by atoms with E-state index in [9.17, 15) is 4.79 Å². The Kier molecular flexibility index (Phi) is 9.12. The molecular weight excluding hydrogens is 564 g/mol. The fourth-order valence-electron chi connectivity index (χ4n) is 5.86. The van der Waals surface area contributed by atoms with Gasteiger partial charge in [0.1, 0.15) is 11.5 Å². The molecule has 0 saturated heterocycles. The topological polar surface area (TPSA) is 35.5 Å². The third kappa shape index (κ3) is 6.95. The van der Waals surface area contributed by atoms with E-state index < -0.39 is 6.16 Å². The zero-order chi connectivity index (χ0) is 32.0. The molecule has 0 aromatic heterocycles. The van der Waals surface area contributed by atoms with Crippen LogP contribution in [0.3, 0.4) is 0 Å². The lowest BCUT2D eigenvalue weighted by Gasteiger charge is -2.13. The van der Waals surface area contributed by atoms with Gasteiger partial charge in [-0.2, -0.15) is 0 Å². The van der Waals surface area contributed by atoms with E-state index in [1.165, 1.54) is 33.4 Å². The average Bonchev–Trinajstić information content (AvgIpc) is 3.09. The molecule has 6 rings (SSSR count). The summed E-state index contributed by atoms with van der Waals surface area (Å²) in [6.45, 7) is 8.88. The summed E-state index contributed by atoms with van der Waals surface area (Å²) < 4.78 is 10.9. The first kappa shape index (κ1) is 30.6. The molecule has 6 aromatic carbocycles. The zero-order valence-electron chi connectivity index (χ0n) is 26.7. The molecule has 0 heterocycles. The molecule has 0 fully saturated rings. The van der Waals surface area contributed by atoms with Gasteiger partial charge in [0.05, 0.1) is 0 Å². The van der Waals surface area contributed by atoms with Gasteiger partial charge in [-0.15, -0.1) is 0 Å². The lowest BCUT2D eigenvalue weighted by Crippen LogP contribution is -2.13. The predicted octanol–water partition coefficient (Wildman–Crippen LogP) is 12.2. The Morgan fingerprint density at radius 1 is 0.391 bits per heavy atom. The average molecular weight is 603 g/mol. The maximum atomic E-state index is 12.5. The molecule has 0 saturated carbocycles. The van der Waals surface area contributed by atoms with Crippen LogP contribution in [0.15, 0.2) is 146 Å². The summed E-state index contributed by atoms with van der Waals surface area (Å²) in [6.07, 6.45) is -0.776. The van der Waals surface area contributed by atoms with Crippen LogP contribution in [0.5, 0.6) is 11.5 Å². The quantitative estimate of drug-likeness (QED) is 0.128. The maximum Gasteiger partial charge on any atom is 0.519 e. The van der Waals surface area contributed by atoms with Crippen molar-refractivity contribution >= 4 is 6.16 Å². The smallest absolute Gasteiger partial charge is 0.395 e. The van der Waals surface area contributed by atoms with Crippen LogP contribution in [0.25, 0.3) is 44.5 Å². The number of benzene rings is 6. The molecule has 0 N–H and O–H groups in total. The number of hydrogen-bond acceptors (Lipinski definition) is 3. The first-order valence-corrected chi connectivity index (χ1v) is 15.8. The molecule has 0 spiro atoms. The Morgan fingerprint density at radius 2 is 0.674 bits per heavy atom. The second-order valence-corrected chi connectivity index (χ2v) is 12.1. The monoisotopic (exact) mass is 602 g/mol. The van der Waals surface area contributed by atoms with E-state index in [0.717, 1.165) is 22.3 Å². The Balaban J connectivity index is 1.06. The SMILES string of the molecule is CC(C)c1ccccc1-c1ccc(-c2ccc(OC(=O)Oc3ccc(-c4ccc(-c5ccccc5C(C)C)cc4)cc3)cc2)cc1. The third-order valence-electron chi connectivity index (χ3n) is 8.34. The van der Waals surface area contributed by atoms with Gasteiger partial charge in [-0.3, -0.25) is 0 Å². The van der Waals surface area contributed by atoms with Gasteiger partial charge in [0.25, 0.3) is 0 Å². The van der Waals surface area contributed by atoms with Gasteiger partial charge >= 0.3 is 6.16 Å². The first-order chi connectivity index (χ1) is 22.4. The van der Waals surface area contributed by atoms with Crippen molar-refractivity contribution in [2.45, 2.75) is 39.5 Å². The fourth-order valence-corrected chi connectivity index (χ4v) is 5.86. The molecule has 3 heteroatoms. The van der Waals surface area contributed by atoms with Crippen LogP contribution in [0.2, 0.25) is 0 Å². The van der Waals surface area contributed by atoms with E-state index in [-0.39, 0.29) is 0 Å². The molecule has 6 aromatic rings. The van der Waals surface area contributed by atoms with E-state index in [1.807, 2.05) is 24.3 Å². The largest absolute Gasteiger partial charge is 0.519 e. The lowest BCUT2D eigenvalue weighted by molar-refractivity contribution is 0.152.